The number of benzene rings is 2. The SMILES string of the molecule is O=S(=O)(Nc1ccccc1Br)c1ccc(Cl)c(CO)c1. The number of rotatable bonds is 4. The topological polar surface area (TPSA) is 66.4 Å². The third-order valence-electron chi connectivity index (χ3n) is 2.62. The highest BCUT2D eigenvalue weighted by atomic mass is 79.9. The van der Waals surface area contributed by atoms with E-state index in [2.05, 4.69) is 20.7 Å². The van der Waals surface area contributed by atoms with Gasteiger partial charge in [0.15, 0.2) is 0 Å². The lowest BCUT2D eigenvalue weighted by Crippen LogP contribution is -2.13. The molecule has 0 saturated carbocycles. The number of para-hydroxylation sites is 1. The fourth-order valence-corrected chi connectivity index (χ4v) is 3.41. The van der Waals surface area contributed by atoms with Gasteiger partial charge >= 0.3 is 0 Å². The molecule has 0 aromatic heterocycles. The summed E-state index contributed by atoms with van der Waals surface area (Å²) < 4.78 is 27.7. The van der Waals surface area contributed by atoms with Gasteiger partial charge in [-0.3, -0.25) is 4.72 Å². The molecule has 2 aromatic carbocycles. The van der Waals surface area contributed by atoms with Gasteiger partial charge in [-0.25, -0.2) is 8.42 Å². The first-order chi connectivity index (χ1) is 9.44. The number of aliphatic hydroxyl groups is 1. The van der Waals surface area contributed by atoms with E-state index in [0.717, 1.165) is 0 Å². The Hall–Kier alpha value is -1.08. The van der Waals surface area contributed by atoms with E-state index in [1.807, 2.05) is 0 Å². The molecule has 7 heteroatoms. The van der Waals surface area contributed by atoms with E-state index >= 15 is 0 Å². The van der Waals surface area contributed by atoms with Crippen LogP contribution in [0.5, 0.6) is 0 Å². The van der Waals surface area contributed by atoms with Crippen LogP contribution in [0, 0.1) is 0 Å². The van der Waals surface area contributed by atoms with Gasteiger partial charge in [-0.15, -0.1) is 0 Å². The van der Waals surface area contributed by atoms with Gasteiger partial charge in [0.05, 0.1) is 17.2 Å². The van der Waals surface area contributed by atoms with Crippen molar-refractivity contribution in [1.29, 1.82) is 0 Å². The molecule has 2 rings (SSSR count). The smallest absolute Gasteiger partial charge is 0.261 e. The predicted molar refractivity (Wildman–Crippen MR) is 82.3 cm³/mol. The molecule has 0 fully saturated rings. The van der Waals surface area contributed by atoms with E-state index in [4.69, 9.17) is 16.7 Å². The molecule has 0 heterocycles. The molecule has 0 unspecified atom stereocenters. The van der Waals surface area contributed by atoms with Crippen molar-refractivity contribution in [3.8, 4) is 0 Å². The Labute approximate surface area is 130 Å². The van der Waals surface area contributed by atoms with Crippen molar-refractivity contribution in [2.45, 2.75) is 11.5 Å². The van der Waals surface area contributed by atoms with E-state index in [1.165, 1.54) is 18.2 Å². The molecule has 106 valence electrons. The molecule has 0 spiro atoms. The Morgan fingerprint density at radius 1 is 1.20 bits per heavy atom. The second-order valence-electron chi connectivity index (χ2n) is 4.00. The lowest BCUT2D eigenvalue weighted by molar-refractivity contribution is 0.281. The van der Waals surface area contributed by atoms with Crippen molar-refractivity contribution in [1.82, 2.24) is 0 Å². The van der Waals surface area contributed by atoms with Gasteiger partial charge in [-0.1, -0.05) is 23.7 Å². The van der Waals surface area contributed by atoms with Gasteiger partial charge in [0.1, 0.15) is 0 Å². The maximum atomic E-state index is 12.3. The van der Waals surface area contributed by atoms with Crippen LogP contribution in [-0.4, -0.2) is 13.5 Å². The molecule has 0 aliphatic heterocycles. The van der Waals surface area contributed by atoms with Crippen molar-refractivity contribution in [2.75, 3.05) is 4.72 Å². The van der Waals surface area contributed by atoms with Crippen molar-refractivity contribution in [2.24, 2.45) is 0 Å². The minimum Gasteiger partial charge on any atom is -0.392 e. The quantitative estimate of drug-likeness (QED) is 0.859. The van der Waals surface area contributed by atoms with Gasteiger partial charge in [0, 0.05) is 9.50 Å². The average Bonchev–Trinajstić information content (AvgIpc) is 2.41. The maximum Gasteiger partial charge on any atom is 0.261 e. The van der Waals surface area contributed by atoms with Gasteiger partial charge < -0.3 is 5.11 Å². The molecule has 0 bridgehead atoms. The Bertz CT molecular complexity index is 734. The molecule has 0 radical (unpaired) electrons. The second kappa shape index (κ2) is 6.13. The molecule has 0 saturated heterocycles. The summed E-state index contributed by atoms with van der Waals surface area (Å²) in [5, 5.41) is 9.46. The Morgan fingerprint density at radius 3 is 2.55 bits per heavy atom. The van der Waals surface area contributed by atoms with Crippen LogP contribution in [0.3, 0.4) is 0 Å². The number of anilines is 1. The van der Waals surface area contributed by atoms with Crippen LogP contribution < -0.4 is 4.72 Å². The van der Waals surface area contributed by atoms with Crippen molar-refractivity contribution in [3.63, 3.8) is 0 Å². The summed E-state index contributed by atoms with van der Waals surface area (Å²) in [6, 6.07) is 11.1. The van der Waals surface area contributed by atoms with E-state index in [0.29, 0.717) is 20.7 Å². The number of nitrogens with one attached hydrogen (secondary N) is 1. The third-order valence-corrected chi connectivity index (χ3v) is 5.04. The van der Waals surface area contributed by atoms with Crippen LogP contribution in [0.2, 0.25) is 5.02 Å². The Balaban J connectivity index is 2.38. The molecule has 0 aliphatic carbocycles. The summed E-state index contributed by atoms with van der Waals surface area (Å²) in [5.74, 6) is 0. The molecule has 20 heavy (non-hydrogen) atoms. The number of hydrogen-bond donors (Lipinski definition) is 2. The molecular weight excluding hydrogens is 366 g/mol. The molecule has 0 aliphatic rings. The maximum absolute atomic E-state index is 12.3. The van der Waals surface area contributed by atoms with Crippen LogP contribution >= 0.6 is 27.5 Å². The summed E-state index contributed by atoms with van der Waals surface area (Å²) in [4.78, 5) is 0.0432. The summed E-state index contributed by atoms with van der Waals surface area (Å²) >= 11 is 9.12. The van der Waals surface area contributed by atoms with Crippen molar-refractivity contribution in [3.05, 3.63) is 57.5 Å². The zero-order valence-electron chi connectivity index (χ0n) is 10.2. The largest absolute Gasteiger partial charge is 0.392 e. The van der Waals surface area contributed by atoms with Gasteiger partial charge in [-0.05, 0) is 51.8 Å². The first-order valence-corrected chi connectivity index (χ1v) is 8.26. The van der Waals surface area contributed by atoms with E-state index in [9.17, 15) is 8.42 Å². The molecule has 4 nitrogen and oxygen atoms in total. The summed E-state index contributed by atoms with van der Waals surface area (Å²) in [7, 11) is -3.73. The minimum absolute atomic E-state index is 0.0432. The normalized spacial score (nSPS) is 11.3. The third kappa shape index (κ3) is 3.32. The zero-order valence-corrected chi connectivity index (χ0v) is 13.3. The molecule has 0 atom stereocenters. The molecule has 2 aromatic rings. The monoisotopic (exact) mass is 375 g/mol. The lowest BCUT2D eigenvalue weighted by Gasteiger charge is -2.11. The summed E-state index contributed by atoms with van der Waals surface area (Å²) in [5.41, 5.74) is 0.801. The number of aliphatic hydroxyl groups excluding tert-OH is 1. The highest BCUT2D eigenvalue weighted by molar-refractivity contribution is 9.10. The summed E-state index contributed by atoms with van der Waals surface area (Å²) in [6.45, 7) is -0.322. The average molecular weight is 377 g/mol. The summed E-state index contributed by atoms with van der Waals surface area (Å²) in [6.07, 6.45) is 0. The highest BCUT2D eigenvalue weighted by Gasteiger charge is 2.16. The highest BCUT2D eigenvalue weighted by Crippen LogP contribution is 2.26. The van der Waals surface area contributed by atoms with Crippen molar-refractivity contribution < 1.29 is 13.5 Å². The molecular formula is C13H11BrClNO3S. The first kappa shape index (κ1) is 15.3. The molecule has 2 N–H and O–H groups in total. The zero-order chi connectivity index (χ0) is 14.8. The standard InChI is InChI=1S/C13H11BrClNO3S/c14-11-3-1-2-4-13(11)16-20(18,19)10-5-6-12(15)9(7-10)8-17/h1-7,16-17H,8H2. The van der Waals surface area contributed by atoms with Crippen LogP contribution in [-0.2, 0) is 16.6 Å². The number of hydrogen-bond acceptors (Lipinski definition) is 3. The van der Waals surface area contributed by atoms with Gasteiger partial charge in [0.25, 0.3) is 10.0 Å². The lowest BCUT2D eigenvalue weighted by atomic mass is 10.2. The van der Waals surface area contributed by atoms with Crippen LogP contribution in [0.15, 0.2) is 51.8 Å². The van der Waals surface area contributed by atoms with Crippen LogP contribution in [0.4, 0.5) is 5.69 Å². The van der Waals surface area contributed by atoms with Crippen LogP contribution in [0.1, 0.15) is 5.56 Å². The van der Waals surface area contributed by atoms with E-state index in [1.54, 1.807) is 24.3 Å². The Morgan fingerprint density at radius 2 is 1.90 bits per heavy atom. The van der Waals surface area contributed by atoms with Crippen molar-refractivity contribution >= 4 is 43.2 Å². The fourth-order valence-electron chi connectivity index (χ4n) is 1.59. The Kier molecular flexibility index (Phi) is 4.70. The fraction of sp³-hybridized carbons (Fsp3) is 0.0769. The second-order valence-corrected chi connectivity index (χ2v) is 6.94. The van der Waals surface area contributed by atoms with E-state index < -0.39 is 10.0 Å². The van der Waals surface area contributed by atoms with E-state index in [-0.39, 0.29) is 11.5 Å². The number of halogens is 2. The van der Waals surface area contributed by atoms with Crippen LogP contribution in [0.25, 0.3) is 0 Å². The molecule has 0 amide bonds. The van der Waals surface area contributed by atoms with Gasteiger partial charge in [0.2, 0.25) is 0 Å². The predicted octanol–water partition coefficient (Wildman–Crippen LogP) is 3.40. The number of sulfonamides is 1. The minimum atomic E-state index is -3.73. The first-order valence-electron chi connectivity index (χ1n) is 5.60. The van der Waals surface area contributed by atoms with Gasteiger partial charge in [-0.2, -0.15) is 0 Å².